The Balaban J connectivity index is 1.78. The van der Waals surface area contributed by atoms with Crippen LogP contribution < -0.4 is 10.6 Å². The summed E-state index contributed by atoms with van der Waals surface area (Å²) in [5, 5.41) is 16.2. The van der Waals surface area contributed by atoms with E-state index in [1.807, 2.05) is 61.3 Å². The van der Waals surface area contributed by atoms with Crippen molar-refractivity contribution in [2.45, 2.75) is 83.8 Å². The molecule has 2 atom stereocenters. The van der Waals surface area contributed by atoms with E-state index in [9.17, 15) is 14.7 Å². The van der Waals surface area contributed by atoms with Gasteiger partial charge < -0.3 is 15.7 Å². The predicted octanol–water partition coefficient (Wildman–Crippen LogP) is 7.17. The number of carbonyl (C=O) groups excluding carboxylic acids is 1. The molecule has 1 amide bonds. The van der Waals surface area contributed by atoms with E-state index in [4.69, 9.17) is 0 Å². The van der Waals surface area contributed by atoms with Crippen LogP contribution in [0.2, 0.25) is 0 Å². The van der Waals surface area contributed by atoms with Crippen LogP contribution in [0.1, 0.15) is 79.8 Å². The Labute approximate surface area is 243 Å². The van der Waals surface area contributed by atoms with Gasteiger partial charge in [-0.1, -0.05) is 69.4 Å². The molecule has 2 aromatic carbocycles. The van der Waals surface area contributed by atoms with Gasteiger partial charge in [-0.3, -0.25) is 4.79 Å². The number of aryl methyl sites for hydroxylation is 1. The fraction of sp³-hybridized carbons (Fsp3) is 0.562. The molecular formula is C32H46N2O3S2. The number of aliphatic carboxylic acids is 1. The number of amides is 1. The quantitative estimate of drug-likeness (QED) is 0.199. The number of carbonyl (C=O) groups is 2. The van der Waals surface area contributed by atoms with Gasteiger partial charge in [0.15, 0.2) is 0 Å². The van der Waals surface area contributed by atoms with Crippen molar-refractivity contribution in [3.05, 3.63) is 59.2 Å². The Morgan fingerprint density at radius 1 is 1.05 bits per heavy atom. The highest BCUT2D eigenvalue weighted by molar-refractivity contribution is 7.99. The summed E-state index contributed by atoms with van der Waals surface area (Å²) in [6.45, 7) is 5.01. The van der Waals surface area contributed by atoms with Crippen LogP contribution >= 0.6 is 23.5 Å². The maximum atomic E-state index is 13.4. The van der Waals surface area contributed by atoms with Crippen LogP contribution in [-0.4, -0.2) is 52.6 Å². The maximum Gasteiger partial charge on any atom is 0.326 e. The SMILES string of the molecule is CCSCC(CCC1CCCCC1)NCc1ccc(C(=O)N[C@@H](CCSC)C(=O)O)c(-c2ccccc2C)c1. The molecule has 3 N–H and O–H groups in total. The maximum absolute atomic E-state index is 13.4. The Morgan fingerprint density at radius 3 is 2.51 bits per heavy atom. The minimum absolute atomic E-state index is 0.342. The van der Waals surface area contributed by atoms with Crippen molar-refractivity contribution in [2.75, 3.05) is 23.5 Å². The van der Waals surface area contributed by atoms with Crippen molar-refractivity contribution in [3.63, 3.8) is 0 Å². The molecule has 0 spiro atoms. The Morgan fingerprint density at radius 2 is 1.82 bits per heavy atom. The van der Waals surface area contributed by atoms with Crippen molar-refractivity contribution in [1.29, 1.82) is 0 Å². The first kappa shape index (κ1) is 31.6. The summed E-state index contributed by atoms with van der Waals surface area (Å²) in [6, 6.07) is 13.6. The summed E-state index contributed by atoms with van der Waals surface area (Å²) in [4.78, 5) is 25.1. The molecule has 0 heterocycles. The Bertz CT molecular complexity index is 1060. The van der Waals surface area contributed by atoms with E-state index in [0.717, 1.165) is 46.2 Å². The van der Waals surface area contributed by atoms with E-state index >= 15 is 0 Å². The fourth-order valence-corrected chi connectivity index (χ4v) is 6.68. The third kappa shape index (κ3) is 10.2. The van der Waals surface area contributed by atoms with Gasteiger partial charge in [-0.25, -0.2) is 4.79 Å². The average Bonchev–Trinajstić information content (AvgIpc) is 2.95. The van der Waals surface area contributed by atoms with Gasteiger partial charge in [-0.15, -0.1) is 0 Å². The Hall–Kier alpha value is -1.96. The molecule has 0 bridgehead atoms. The standard InChI is InChI=1S/C32H46N2O3S2/c1-4-39-22-26(16-14-24-11-6-5-7-12-24)33-21-25-15-17-28(29(20-25)27-13-9-8-10-23(27)2)31(35)34-30(32(36)37)18-19-38-3/h8-10,13,15,17,20,24,26,30,33H,4-7,11-12,14,16,18-19,21-22H2,1-3H3,(H,34,35)(H,36,37)/t26?,30-/m0/s1. The van der Waals surface area contributed by atoms with E-state index < -0.39 is 12.0 Å². The molecule has 1 saturated carbocycles. The third-order valence-corrected chi connectivity index (χ3v) is 9.43. The number of rotatable bonds is 16. The lowest BCUT2D eigenvalue weighted by Gasteiger charge is -2.25. The van der Waals surface area contributed by atoms with Gasteiger partial charge >= 0.3 is 5.97 Å². The lowest BCUT2D eigenvalue weighted by molar-refractivity contribution is -0.139. The highest BCUT2D eigenvalue weighted by Crippen LogP contribution is 2.30. The molecule has 2 aromatic rings. The predicted molar refractivity (Wildman–Crippen MR) is 168 cm³/mol. The molecule has 0 saturated heterocycles. The number of nitrogens with one attached hydrogen (secondary N) is 2. The second-order valence-corrected chi connectivity index (χ2v) is 13.0. The molecule has 1 aliphatic rings. The molecular weight excluding hydrogens is 524 g/mol. The number of carboxylic acid groups (broad SMARTS) is 1. The molecule has 1 fully saturated rings. The second kappa shape index (κ2) is 17.0. The van der Waals surface area contributed by atoms with Crippen LogP contribution in [0.3, 0.4) is 0 Å². The molecule has 0 aliphatic heterocycles. The Kier molecular flexibility index (Phi) is 13.7. The lowest BCUT2D eigenvalue weighted by atomic mass is 9.85. The van der Waals surface area contributed by atoms with E-state index in [0.29, 0.717) is 23.8 Å². The van der Waals surface area contributed by atoms with Gasteiger partial charge in [0.1, 0.15) is 6.04 Å². The van der Waals surface area contributed by atoms with Crippen molar-refractivity contribution >= 4 is 35.4 Å². The first-order valence-corrected chi connectivity index (χ1v) is 17.0. The molecule has 5 nitrogen and oxygen atoms in total. The summed E-state index contributed by atoms with van der Waals surface area (Å²) in [7, 11) is 0. The molecule has 39 heavy (non-hydrogen) atoms. The molecule has 0 radical (unpaired) electrons. The largest absolute Gasteiger partial charge is 0.480 e. The number of benzene rings is 2. The van der Waals surface area contributed by atoms with Crippen molar-refractivity contribution in [3.8, 4) is 11.1 Å². The van der Waals surface area contributed by atoms with Gasteiger partial charge in [0.2, 0.25) is 0 Å². The van der Waals surface area contributed by atoms with Crippen LogP contribution in [0.5, 0.6) is 0 Å². The van der Waals surface area contributed by atoms with Crippen LogP contribution in [-0.2, 0) is 11.3 Å². The summed E-state index contributed by atoms with van der Waals surface area (Å²) >= 11 is 3.57. The van der Waals surface area contributed by atoms with Crippen molar-refractivity contribution in [2.24, 2.45) is 5.92 Å². The van der Waals surface area contributed by atoms with Crippen molar-refractivity contribution in [1.82, 2.24) is 10.6 Å². The summed E-state index contributed by atoms with van der Waals surface area (Å²) in [6.07, 6.45) is 11.8. The summed E-state index contributed by atoms with van der Waals surface area (Å²) in [5.41, 5.74) is 4.57. The van der Waals surface area contributed by atoms with E-state index in [-0.39, 0.29) is 5.91 Å². The zero-order valence-electron chi connectivity index (χ0n) is 23.8. The lowest BCUT2D eigenvalue weighted by Crippen LogP contribution is -2.41. The molecule has 1 aliphatic carbocycles. The first-order valence-electron chi connectivity index (χ1n) is 14.5. The average molecular weight is 571 g/mol. The molecule has 0 aromatic heterocycles. The summed E-state index contributed by atoms with van der Waals surface area (Å²) < 4.78 is 0. The van der Waals surface area contributed by atoms with Gasteiger partial charge in [0, 0.05) is 23.9 Å². The number of carboxylic acids is 1. The molecule has 3 rings (SSSR count). The highest BCUT2D eigenvalue weighted by atomic mass is 32.2. The van der Waals surface area contributed by atoms with Crippen LogP contribution in [0, 0.1) is 12.8 Å². The van der Waals surface area contributed by atoms with E-state index in [1.54, 1.807) is 11.8 Å². The van der Waals surface area contributed by atoms with Crippen LogP contribution in [0.25, 0.3) is 11.1 Å². The highest BCUT2D eigenvalue weighted by Gasteiger charge is 2.23. The minimum atomic E-state index is -1.00. The second-order valence-electron chi connectivity index (χ2n) is 10.7. The minimum Gasteiger partial charge on any atom is -0.480 e. The fourth-order valence-electron chi connectivity index (χ4n) is 5.41. The van der Waals surface area contributed by atoms with Gasteiger partial charge in [-0.2, -0.15) is 23.5 Å². The topological polar surface area (TPSA) is 78.4 Å². The first-order chi connectivity index (χ1) is 18.9. The zero-order valence-corrected chi connectivity index (χ0v) is 25.5. The van der Waals surface area contributed by atoms with Crippen molar-refractivity contribution < 1.29 is 14.7 Å². The number of hydrogen-bond donors (Lipinski definition) is 3. The number of hydrogen-bond acceptors (Lipinski definition) is 5. The monoisotopic (exact) mass is 570 g/mol. The smallest absolute Gasteiger partial charge is 0.326 e. The van der Waals surface area contributed by atoms with Crippen LogP contribution in [0.15, 0.2) is 42.5 Å². The van der Waals surface area contributed by atoms with Crippen LogP contribution in [0.4, 0.5) is 0 Å². The third-order valence-electron chi connectivity index (χ3n) is 7.74. The number of thioether (sulfide) groups is 2. The van der Waals surface area contributed by atoms with Gasteiger partial charge in [0.05, 0.1) is 0 Å². The van der Waals surface area contributed by atoms with E-state index in [1.165, 1.54) is 44.9 Å². The van der Waals surface area contributed by atoms with E-state index in [2.05, 4.69) is 23.6 Å². The van der Waals surface area contributed by atoms with Gasteiger partial charge in [0.25, 0.3) is 5.91 Å². The summed E-state index contributed by atoms with van der Waals surface area (Å²) in [5.74, 6) is 2.44. The molecule has 7 heteroatoms. The molecule has 214 valence electrons. The zero-order chi connectivity index (χ0) is 28.0. The van der Waals surface area contributed by atoms with Gasteiger partial charge in [-0.05, 0) is 84.3 Å². The molecule has 1 unspecified atom stereocenters. The normalized spacial score (nSPS) is 15.6.